The molecule has 2 N–H and O–H groups in total. The van der Waals surface area contributed by atoms with E-state index in [2.05, 4.69) is 41.0 Å². The smallest absolute Gasteiger partial charge is 0.171 e. The Morgan fingerprint density at radius 2 is 2.05 bits per heavy atom. The Balaban J connectivity index is 1.65. The van der Waals surface area contributed by atoms with Gasteiger partial charge in [0.25, 0.3) is 0 Å². The topological polar surface area (TPSA) is 123 Å². The summed E-state index contributed by atoms with van der Waals surface area (Å²) in [5.74, 6) is 1.02. The maximum Gasteiger partial charge on any atom is 0.171 e. The van der Waals surface area contributed by atoms with Crippen LogP contribution < -0.4 is 5.32 Å². The van der Waals surface area contributed by atoms with Crippen molar-refractivity contribution in [3.05, 3.63) is 24.8 Å². The molecule has 206 valence electrons. The van der Waals surface area contributed by atoms with Gasteiger partial charge in [0, 0.05) is 39.1 Å². The highest BCUT2D eigenvalue weighted by Gasteiger charge is 2.29. The Hall–Kier alpha value is -2.78. The standard InChI is InChI=1S/C27H41N7O3Si/c1-5-37-24(35)16-29-26-22(17-34(32-26)23(10-12-28)20-8-6-7-9-20)25-21-11-13-33(27(21)31-18-30-25)19-36-14-15-38(2,3)4/h11,13,17-18,20,23-24,35H,5-10,14-16,19H2,1-4H3,(H,29,32). The van der Waals surface area contributed by atoms with E-state index in [9.17, 15) is 10.4 Å². The molecule has 0 aromatic carbocycles. The third-order valence-corrected chi connectivity index (χ3v) is 8.86. The maximum atomic E-state index is 10.2. The lowest BCUT2D eigenvalue weighted by molar-refractivity contribution is -0.0838. The highest BCUT2D eigenvalue weighted by Crippen LogP contribution is 2.38. The first-order valence-electron chi connectivity index (χ1n) is 13.7. The molecule has 4 rings (SSSR count). The zero-order valence-electron chi connectivity index (χ0n) is 23.1. The number of fused-ring (bicyclic) bond motifs is 1. The molecular formula is C27H41N7O3Si. The van der Waals surface area contributed by atoms with Gasteiger partial charge in [-0.1, -0.05) is 32.5 Å². The number of ether oxygens (including phenoxy) is 2. The van der Waals surface area contributed by atoms with Gasteiger partial charge in [-0.05, 0) is 37.8 Å². The number of hydrogen-bond donors (Lipinski definition) is 2. The lowest BCUT2D eigenvalue weighted by atomic mass is 9.96. The molecule has 0 radical (unpaired) electrons. The van der Waals surface area contributed by atoms with Crippen LogP contribution in [0.4, 0.5) is 5.82 Å². The summed E-state index contributed by atoms with van der Waals surface area (Å²) in [7, 11) is -1.16. The van der Waals surface area contributed by atoms with Crippen molar-refractivity contribution in [2.45, 2.75) is 83.8 Å². The second-order valence-corrected chi connectivity index (χ2v) is 16.9. The predicted octanol–water partition coefficient (Wildman–Crippen LogP) is 5.02. The molecule has 0 saturated heterocycles. The third-order valence-electron chi connectivity index (χ3n) is 7.16. The van der Waals surface area contributed by atoms with Crippen molar-refractivity contribution < 1.29 is 14.6 Å². The van der Waals surface area contributed by atoms with Gasteiger partial charge in [0.05, 0.1) is 36.3 Å². The van der Waals surface area contributed by atoms with Gasteiger partial charge in [-0.15, -0.1) is 0 Å². The summed E-state index contributed by atoms with van der Waals surface area (Å²) in [5.41, 5.74) is 2.34. The molecule has 1 aliphatic rings. The molecule has 3 aromatic heterocycles. The molecule has 1 fully saturated rings. The fourth-order valence-electron chi connectivity index (χ4n) is 5.08. The predicted molar refractivity (Wildman–Crippen MR) is 150 cm³/mol. The number of nitrogens with zero attached hydrogens (tertiary/aromatic N) is 6. The number of nitrogens with one attached hydrogen (secondary N) is 1. The summed E-state index contributed by atoms with van der Waals surface area (Å²) in [4.78, 5) is 9.19. The highest BCUT2D eigenvalue weighted by atomic mass is 28.3. The largest absolute Gasteiger partial charge is 0.366 e. The summed E-state index contributed by atoms with van der Waals surface area (Å²) in [5, 5.41) is 28.8. The SMILES string of the molecule is CCOC(O)CNc1nn(C(CC#N)C2CCCC2)cc1-c1ncnc2c1ccn2COCC[Si](C)(C)C. The minimum absolute atomic E-state index is 0.00434. The van der Waals surface area contributed by atoms with E-state index >= 15 is 0 Å². The van der Waals surface area contributed by atoms with Crippen LogP contribution in [0.2, 0.25) is 25.7 Å². The van der Waals surface area contributed by atoms with Gasteiger partial charge >= 0.3 is 0 Å². The van der Waals surface area contributed by atoms with Crippen molar-refractivity contribution >= 4 is 24.9 Å². The Morgan fingerprint density at radius 1 is 1.26 bits per heavy atom. The molecule has 3 aromatic rings. The Bertz CT molecular complexity index is 1220. The van der Waals surface area contributed by atoms with Crippen LogP contribution in [0.3, 0.4) is 0 Å². The van der Waals surface area contributed by atoms with E-state index in [1.165, 1.54) is 12.8 Å². The van der Waals surface area contributed by atoms with Crippen LogP contribution in [0.5, 0.6) is 0 Å². The summed E-state index contributed by atoms with van der Waals surface area (Å²) in [6, 6.07) is 5.48. The quantitative estimate of drug-likeness (QED) is 0.166. The van der Waals surface area contributed by atoms with Crippen molar-refractivity contribution in [1.29, 1.82) is 5.26 Å². The lowest BCUT2D eigenvalue weighted by Crippen LogP contribution is -2.23. The van der Waals surface area contributed by atoms with Crippen molar-refractivity contribution in [3.63, 3.8) is 0 Å². The fourth-order valence-corrected chi connectivity index (χ4v) is 5.83. The zero-order valence-corrected chi connectivity index (χ0v) is 24.1. The van der Waals surface area contributed by atoms with Crippen molar-refractivity contribution in [2.24, 2.45) is 5.92 Å². The number of rotatable bonds is 14. The highest BCUT2D eigenvalue weighted by molar-refractivity contribution is 6.76. The number of hydrogen-bond acceptors (Lipinski definition) is 8. The number of nitriles is 1. The van der Waals surface area contributed by atoms with Gasteiger partial charge in [0.15, 0.2) is 12.1 Å². The normalized spacial score (nSPS) is 16.1. The first-order chi connectivity index (χ1) is 18.3. The average molecular weight is 540 g/mol. The summed E-state index contributed by atoms with van der Waals surface area (Å²) >= 11 is 0. The van der Waals surface area contributed by atoms with Crippen LogP contribution in [0.25, 0.3) is 22.3 Å². The van der Waals surface area contributed by atoms with E-state index in [1.54, 1.807) is 6.33 Å². The van der Waals surface area contributed by atoms with E-state index in [1.807, 2.05) is 34.6 Å². The summed E-state index contributed by atoms with van der Waals surface area (Å²) in [6.45, 7) is 10.6. The number of anilines is 1. The van der Waals surface area contributed by atoms with Crippen LogP contribution >= 0.6 is 0 Å². The Morgan fingerprint density at radius 3 is 2.76 bits per heavy atom. The second-order valence-electron chi connectivity index (χ2n) is 11.2. The molecule has 2 atom stereocenters. The maximum absolute atomic E-state index is 10.2. The van der Waals surface area contributed by atoms with Crippen molar-refractivity contribution in [1.82, 2.24) is 24.3 Å². The Kier molecular flexibility index (Phi) is 9.54. The van der Waals surface area contributed by atoms with E-state index in [0.29, 0.717) is 31.5 Å². The van der Waals surface area contributed by atoms with Crippen LogP contribution in [-0.4, -0.2) is 63.5 Å². The van der Waals surface area contributed by atoms with E-state index in [4.69, 9.17) is 14.6 Å². The van der Waals surface area contributed by atoms with Crippen molar-refractivity contribution in [3.8, 4) is 17.3 Å². The molecular weight excluding hydrogens is 498 g/mol. The van der Waals surface area contributed by atoms with Crippen LogP contribution in [-0.2, 0) is 16.2 Å². The fraction of sp³-hybridized carbons (Fsp3) is 0.630. The molecule has 0 spiro atoms. The van der Waals surface area contributed by atoms with Crippen LogP contribution in [0.15, 0.2) is 24.8 Å². The molecule has 38 heavy (non-hydrogen) atoms. The minimum Gasteiger partial charge on any atom is -0.366 e. The first-order valence-corrected chi connectivity index (χ1v) is 17.4. The molecule has 2 unspecified atom stereocenters. The summed E-state index contributed by atoms with van der Waals surface area (Å²) in [6.07, 6.45) is 9.55. The minimum atomic E-state index is -1.16. The molecule has 0 bridgehead atoms. The zero-order chi connectivity index (χ0) is 27.1. The van der Waals surface area contributed by atoms with Gasteiger partial charge in [-0.3, -0.25) is 4.68 Å². The number of aliphatic hydroxyl groups is 1. The van der Waals surface area contributed by atoms with Gasteiger partial charge < -0.3 is 24.5 Å². The number of aromatic nitrogens is 5. The molecule has 1 saturated carbocycles. The van der Waals surface area contributed by atoms with Crippen LogP contribution in [0, 0.1) is 17.2 Å². The molecule has 1 aliphatic carbocycles. The first kappa shape index (κ1) is 28.2. The van der Waals surface area contributed by atoms with E-state index in [-0.39, 0.29) is 12.6 Å². The van der Waals surface area contributed by atoms with E-state index in [0.717, 1.165) is 47.8 Å². The number of aliphatic hydroxyl groups excluding tert-OH is 1. The molecule has 0 amide bonds. The van der Waals surface area contributed by atoms with Gasteiger partial charge in [-0.2, -0.15) is 10.4 Å². The monoisotopic (exact) mass is 539 g/mol. The lowest BCUT2D eigenvalue weighted by Gasteiger charge is -2.21. The van der Waals surface area contributed by atoms with Gasteiger partial charge in [-0.25, -0.2) is 9.97 Å². The molecule has 10 nitrogen and oxygen atoms in total. The third kappa shape index (κ3) is 6.99. The van der Waals surface area contributed by atoms with Gasteiger partial charge in [0.1, 0.15) is 18.7 Å². The van der Waals surface area contributed by atoms with Crippen molar-refractivity contribution in [2.75, 3.05) is 25.1 Å². The van der Waals surface area contributed by atoms with Crippen LogP contribution in [0.1, 0.15) is 45.1 Å². The molecule has 0 aliphatic heterocycles. The average Bonchev–Trinajstić information content (AvgIpc) is 3.64. The van der Waals surface area contributed by atoms with E-state index < -0.39 is 14.4 Å². The molecule has 11 heteroatoms. The Labute approximate surface area is 226 Å². The second kappa shape index (κ2) is 12.8. The molecule has 3 heterocycles. The summed E-state index contributed by atoms with van der Waals surface area (Å²) < 4.78 is 15.2. The van der Waals surface area contributed by atoms with Gasteiger partial charge in [0.2, 0.25) is 0 Å².